The zero-order valence-electron chi connectivity index (χ0n) is 23.1. The number of nitrogens with zero attached hydrogens (tertiary/aromatic N) is 1. The molecule has 0 radical (unpaired) electrons. The maximum absolute atomic E-state index is 13.7. The fourth-order valence-corrected chi connectivity index (χ4v) is 10.6. The van der Waals surface area contributed by atoms with Gasteiger partial charge in [0.05, 0.1) is 23.1 Å². The summed E-state index contributed by atoms with van der Waals surface area (Å²) in [5.41, 5.74) is 2.40. The zero-order valence-corrected chi connectivity index (χ0v) is 24.9. The molecule has 202 valence electrons. The van der Waals surface area contributed by atoms with Crippen LogP contribution in [-0.2, 0) is 14.0 Å². The minimum atomic E-state index is -2.85. The maximum Gasteiger partial charge on any atom is 0.325 e. The lowest BCUT2D eigenvalue weighted by Crippen LogP contribution is -2.68. The lowest BCUT2D eigenvalue weighted by Gasteiger charge is -2.45. The summed E-state index contributed by atoms with van der Waals surface area (Å²) in [6, 6.07) is 23.9. The van der Waals surface area contributed by atoms with Crippen molar-refractivity contribution in [3.05, 3.63) is 83.1 Å². The summed E-state index contributed by atoms with van der Waals surface area (Å²) in [4.78, 5) is 27.2. The van der Waals surface area contributed by atoms with Crippen LogP contribution in [0.3, 0.4) is 0 Å². The molecular weight excluding hydrogens is 512 g/mol. The van der Waals surface area contributed by atoms with Gasteiger partial charge in [-0.15, -0.1) is 11.3 Å². The van der Waals surface area contributed by atoms with E-state index in [1.54, 1.807) is 11.1 Å². The summed E-state index contributed by atoms with van der Waals surface area (Å²) in [6.45, 7) is 12.6. The maximum atomic E-state index is 13.7. The van der Waals surface area contributed by atoms with Crippen molar-refractivity contribution < 1.29 is 18.8 Å². The van der Waals surface area contributed by atoms with Gasteiger partial charge in [0.1, 0.15) is 6.04 Å². The fraction of sp³-hybridized carbons (Fsp3) is 0.400. The third-order valence-electron chi connectivity index (χ3n) is 7.06. The van der Waals surface area contributed by atoms with Gasteiger partial charge in [0, 0.05) is 6.42 Å². The molecule has 1 N–H and O–H groups in total. The van der Waals surface area contributed by atoms with E-state index in [-0.39, 0.29) is 29.6 Å². The van der Waals surface area contributed by atoms with E-state index in [0.29, 0.717) is 11.3 Å². The molecule has 3 aromatic rings. The average molecular weight is 551 g/mol. The predicted molar refractivity (Wildman–Crippen MR) is 155 cm³/mol. The lowest BCUT2D eigenvalue weighted by atomic mass is 9.96. The molecule has 1 aliphatic rings. The van der Waals surface area contributed by atoms with Gasteiger partial charge in [0.15, 0.2) is 0 Å². The van der Waals surface area contributed by atoms with Crippen LogP contribution in [0.5, 0.6) is 0 Å². The van der Waals surface area contributed by atoms with Crippen LogP contribution in [0.25, 0.3) is 0 Å². The number of carbonyl (C=O) groups is 2. The first kappa shape index (κ1) is 28.2. The Bertz CT molecular complexity index is 1190. The number of ether oxygens (including phenoxy) is 1. The smallest absolute Gasteiger partial charge is 0.325 e. The molecule has 2 aromatic carbocycles. The summed E-state index contributed by atoms with van der Waals surface area (Å²) < 4.78 is 12.7. The highest BCUT2D eigenvalue weighted by Crippen LogP contribution is 2.39. The highest BCUT2D eigenvalue weighted by molar-refractivity contribution is 7.12. The number of rotatable bonds is 8. The van der Waals surface area contributed by atoms with E-state index in [2.05, 4.69) is 74.7 Å². The minimum absolute atomic E-state index is 0.173. The Hall–Kier alpha value is -2.78. The van der Waals surface area contributed by atoms with E-state index >= 15 is 0 Å². The van der Waals surface area contributed by atoms with Crippen molar-refractivity contribution in [2.75, 3.05) is 6.61 Å². The number of esters is 1. The third-order valence-corrected chi connectivity index (χ3v) is 12.9. The van der Waals surface area contributed by atoms with Crippen LogP contribution < -0.4 is 15.8 Å². The molecule has 2 heterocycles. The molecule has 0 saturated carbocycles. The van der Waals surface area contributed by atoms with E-state index in [9.17, 15) is 9.59 Å². The Balaban J connectivity index is 1.75. The second-order valence-electron chi connectivity index (χ2n) is 11.4. The molecule has 6 nitrogen and oxygen atoms in total. The molecule has 1 fully saturated rings. The second-order valence-corrected chi connectivity index (χ2v) is 16.7. The molecule has 1 amide bonds. The van der Waals surface area contributed by atoms with Crippen LogP contribution in [0.4, 0.5) is 0 Å². The van der Waals surface area contributed by atoms with E-state index in [0.717, 1.165) is 0 Å². The first-order valence-electron chi connectivity index (χ1n) is 13.1. The van der Waals surface area contributed by atoms with Crippen molar-refractivity contribution in [3.63, 3.8) is 0 Å². The zero-order chi connectivity index (χ0) is 27.6. The molecule has 0 aliphatic carbocycles. The van der Waals surface area contributed by atoms with E-state index in [4.69, 9.17) is 9.16 Å². The first-order chi connectivity index (χ1) is 18.0. The quantitative estimate of drug-likeness (QED) is 0.324. The van der Waals surface area contributed by atoms with Crippen molar-refractivity contribution in [2.24, 2.45) is 0 Å². The summed E-state index contributed by atoms with van der Waals surface area (Å²) in [5.74, 6) is -0.536. The Morgan fingerprint density at radius 2 is 1.61 bits per heavy atom. The normalized spacial score (nSPS) is 20.1. The number of hydrogen-bond acceptors (Lipinski definition) is 6. The number of nitrogens with one attached hydrogen (secondary N) is 1. The Morgan fingerprint density at radius 3 is 2.08 bits per heavy atom. The van der Waals surface area contributed by atoms with Crippen molar-refractivity contribution in [3.8, 4) is 0 Å². The van der Waals surface area contributed by atoms with Gasteiger partial charge in [-0.25, -0.2) is 5.43 Å². The highest BCUT2D eigenvalue weighted by Gasteiger charge is 2.54. The van der Waals surface area contributed by atoms with Crippen LogP contribution in [0.1, 0.15) is 57.6 Å². The van der Waals surface area contributed by atoms with Gasteiger partial charge in [0.25, 0.3) is 14.2 Å². The fourth-order valence-electron chi connectivity index (χ4n) is 5.30. The van der Waals surface area contributed by atoms with Crippen molar-refractivity contribution in [1.29, 1.82) is 0 Å². The monoisotopic (exact) mass is 550 g/mol. The third kappa shape index (κ3) is 5.49. The topological polar surface area (TPSA) is 67.9 Å². The van der Waals surface area contributed by atoms with Crippen LogP contribution in [0.2, 0.25) is 5.04 Å². The van der Waals surface area contributed by atoms with Crippen molar-refractivity contribution in [2.45, 2.75) is 70.7 Å². The number of hydrazine groups is 1. The van der Waals surface area contributed by atoms with Crippen LogP contribution in [0.15, 0.2) is 78.2 Å². The number of amides is 1. The largest absolute Gasteiger partial charge is 0.462 e. The molecule has 38 heavy (non-hydrogen) atoms. The summed E-state index contributed by atoms with van der Waals surface area (Å²) in [5, 5.41) is 5.60. The SMILES string of the molecule is CC(C)OC(=O)[C@@H]1C[C@@](C)(CO[Si](c2ccccc2)(c2ccccc2)C(C)(C)C)N(C(=O)c2cccs2)N1. The Morgan fingerprint density at radius 1 is 1.03 bits per heavy atom. The molecule has 1 saturated heterocycles. The predicted octanol–water partition coefficient (Wildman–Crippen LogP) is 4.75. The summed E-state index contributed by atoms with van der Waals surface area (Å²) in [7, 11) is -2.85. The molecule has 0 bridgehead atoms. The van der Waals surface area contributed by atoms with Crippen molar-refractivity contribution >= 4 is 41.9 Å². The van der Waals surface area contributed by atoms with Crippen LogP contribution in [-0.4, -0.2) is 49.5 Å². The summed E-state index contributed by atoms with van der Waals surface area (Å²) >= 11 is 1.38. The molecule has 2 atom stereocenters. The van der Waals surface area contributed by atoms with Gasteiger partial charge in [0.2, 0.25) is 0 Å². The molecule has 0 spiro atoms. The number of thiophene rings is 1. The van der Waals surface area contributed by atoms with Crippen molar-refractivity contribution in [1.82, 2.24) is 10.4 Å². The summed E-state index contributed by atoms with van der Waals surface area (Å²) in [6.07, 6.45) is 0.138. The van der Waals surface area contributed by atoms with E-state index in [1.165, 1.54) is 21.7 Å². The molecule has 0 unspecified atom stereocenters. The Kier molecular flexibility index (Phi) is 8.28. The molecule has 1 aliphatic heterocycles. The number of benzene rings is 2. The molecule has 8 heteroatoms. The van der Waals surface area contributed by atoms with E-state index in [1.807, 2.05) is 44.4 Å². The van der Waals surface area contributed by atoms with Gasteiger partial charge < -0.3 is 9.16 Å². The highest BCUT2D eigenvalue weighted by atomic mass is 32.1. The van der Waals surface area contributed by atoms with Gasteiger partial charge in [-0.2, -0.15) is 0 Å². The van der Waals surface area contributed by atoms with Gasteiger partial charge in [-0.3, -0.25) is 14.6 Å². The standard InChI is InChI=1S/C30H38N2O4SSi/c1-22(2)36-28(34)25-20-30(6,32(31-25)27(33)26-18-13-19-37-26)21-35-38(29(3,4)5,23-14-9-7-10-15-23)24-16-11-8-12-17-24/h7-19,22,25,31H,20-21H2,1-6H3/t25-,30-/m0/s1. The van der Waals surface area contributed by atoms with Crippen LogP contribution >= 0.6 is 11.3 Å². The lowest BCUT2D eigenvalue weighted by molar-refractivity contribution is -0.149. The van der Waals surface area contributed by atoms with Gasteiger partial charge in [-0.1, -0.05) is 87.5 Å². The van der Waals surface area contributed by atoms with E-state index < -0.39 is 19.9 Å². The van der Waals surface area contributed by atoms with Gasteiger partial charge >= 0.3 is 5.97 Å². The average Bonchev–Trinajstić information content (AvgIpc) is 3.53. The van der Waals surface area contributed by atoms with Gasteiger partial charge in [-0.05, 0) is 47.6 Å². The first-order valence-corrected chi connectivity index (χ1v) is 15.9. The van der Waals surface area contributed by atoms with Crippen LogP contribution in [0, 0.1) is 0 Å². The molecule has 4 rings (SSSR count). The number of carbonyl (C=O) groups excluding carboxylic acids is 2. The second kappa shape index (κ2) is 11.1. The molecular formula is C30H38N2O4SSi. The number of hydrogen-bond donors (Lipinski definition) is 1. The minimum Gasteiger partial charge on any atom is -0.462 e. The molecule has 1 aromatic heterocycles. The Labute approximate surface area is 231 Å².